The van der Waals surface area contributed by atoms with Gasteiger partial charge in [0.05, 0.1) is 11.4 Å². The largest absolute Gasteiger partial charge is 0.411 e. The molecule has 0 radical (unpaired) electrons. The Hall–Kier alpha value is -1.54. The van der Waals surface area contributed by atoms with Crippen LogP contribution in [0.5, 0.6) is 0 Å². The summed E-state index contributed by atoms with van der Waals surface area (Å²) in [5, 5.41) is 32.9. The summed E-state index contributed by atoms with van der Waals surface area (Å²) >= 11 is 0. The monoisotopic (exact) mass is 286 g/mol. The van der Waals surface area contributed by atoms with E-state index in [-0.39, 0.29) is 13.1 Å². The van der Waals surface area contributed by atoms with Gasteiger partial charge in [0.25, 0.3) is 0 Å². The van der Waals surface area contributed by atoms with Crippen molar-refractivity contribution in [1.82, 2.24) is 0 Å². The molecule has 0 aromatic heterocycles. The molecule has 0 heterocycles. The number of hydrogen-bond acceptors (Lipinski definition) is 8. The molecule has 0 bridgehead atoms. The first-order valence-electron chi connectivity index (χ1n) is 6.64. The van der Waals surface area contributed by atoms with Gasteiger partial charge in [0.1, 0.15) is 11.1 Å². The molecule has 0 aromatic rings. The van der Waals surface area contributed by atoms with Crippen LogP contribution < -0.4 is 11.5 Å². The number of azo groups is 1. The van der Waals surface area contributed by atoms with Crippen LogP contribution in [0.4, 0.5) is 0 Å². The van der Waals surface area contributed by atoms with Gasteiger partial charge in [0.2, 0.25) is 0 Å². The van der Waals surface area contributed by atoms with Crippen LogP contribution in [0.1, 0.15) is 40.5 Å². The highest BCUT2D eigenvalue weighted by Crippen LogP contribution is 2.20. The molecule has 8 nitrogen and oxygen atoms in total. The van der Waals surface area contributed by atoms with Crippen LogP contribution in [0.3, 0.4) is 0 Å². The number of nitrogens with two attached hydrogens (primary N) is 2. The Morgan fingerprint density at radius 1 is 0.850 bits per heavy atom. The van der Waals surface area contributed by atoms with Crippen molar-refractivity contribution in [1.29, 1.82) is 0 Å². The molecule has 0 aliphatic heterocycles. The lowest BCUT2D eigenvalue weighted by Gasteiger charge is -2.27. The van der Waals surface area contributed by atoms with E-state index >= 15 is 0 Å². The van der Waals surface area contributed by atoms with Gasteiger partial charge in [-0.25, -0.2) is 0 Å². The van der Waals surface area contributed by atoms with E-state index in [9.17, 15) is 0 Å². The van der Waals surface area contributed by atoms with Gasteiger partial charge in [0, 0.05) is 13.1 Å². The van der Waals surface area contributed by atoms with Crippen LogP contribution in [0.15, 0.2) is 20.5 Å². The van der Waals surface area contributed by atoms with Crippen molar-refractivity contribution in [3.63, 3.8) is 0 Å². The minimum absolute atomic E-state index is 0.141. The second-order valence-electron chi connectivity index (χ2n) is 4.96. The molecular formula is C12H26N6O2. The molecule has 0 aliphatic carbocycles. The maximum atomic E-state index is 9.02. The molecule has 0 aromatic carbocycles. The fourth-order valence-corrected chi connectivity index (χ4v) is 1.77. The predicted octanol–water partition coefficient (Wildman–Crippen LogP) is 1.35. The fraction of sp³-hybridized carbons (Fsp3) is 0.833. The first-order valence-corrected chi connectivity index (χ1v) is 6.64. The van der Waals surface area contributed by atoms with E-state index in [0.717, 1.165) is 0 Å². The van der Waals surface area contributed by atoms with Crippen molar-refractivity contribution >= 4 is 11.4 Å². The van der Waals surface area contributed by atoms with E-state index in [0.29, 0.717) is 24.3 Å². The van der Waals surface area contributed by atoms with Crippen LogP contribution >= 0.6 is 0 Å². The highest BCUT2D eigenvalue weighted by molar-refractivity contribution is 5.94. The smallest absolute Gasteiger partial charge is 0.132 e. The second-order valence-corrected chi connectivity index (χ2v) is 4.96. The summed E-state index contributed by atoms with van der Waals surface area (Å²) in [6.45, 7) is 7.42. The normalized spacial score (nSPS) is 19.9. The molecule has 116 valence electrons. The topological polar surface area (TPSA) is 142 Å². The molecule has 2 unspecified atom stereocenters. The molecule has 8 heteroatoms. The van der Waals surface area contributed by atoms with E-state index in [4.69, 9.17) is 21.9 Å². The zero-order valence-electron chi connectivity index (χ0n) is 12.7. The Balaban J connectivity index is 5.52. The lowest BCUT2D eigenvalue weighted by atomic mass is 9.93. The van der Waals surface area contributed by atoms with Crippen molar-refractivity contribution in [2.75, 3.05) is 13.1 Å². The summed E-state index contributed by atoms with van der Waals surface area (Å²) in [5.74, 6) is 0. The van der Waals surface area contributed by atoms with Gasteiger partial charge >= 0.3 is 0 Å². The van der Waals surface area contributed by atoms with E-state index < -0.39 is 11.1 Å². The lowest BCUT2D eigenvalue weighted by molar-refractivity contribution is 0.308. The van der Waals surface area contributed by atoms with Gasteiger partial charge in [0.15, 0.2) is 0 Å². The van der Waals surface area contributed by atoms with Crippen molar-refractivity contribution < 1.29 is 10.4 Å². The third-order valence-corrected chi connectivity index (χ3v) is 3.44. The van der Waals surface area contributed by atoms with Crippen molar-refractivity contribution in [3.05, 3.63) is 0 Å². The van der Waals surface area contributed by atoms with Gasteiger partial charge in [-0.05, 0) is 26.7 Å². The van der Waals surface area contributed by atoms with Crippen LogP contribution in [-0.2, 0) is 0 Å². The lowest BCUT2D eigenvalue weighted by Crippen LogP contribution is -2.44. The van der Waals surface area contributed by atoms with Crippen LogP contribution in [0.2, 0.25) is 0 Å². The molecule has 2 atom stereocenters. The van der Waals surface area contributed by atoms with E-state index in [1.54, 1.807) is 13.8 Å². The second kappa shape index (κ2) is 7.91. The van der Waals surface area contributed by atoms with Crippen LogP contribution in [0.25, 0.3) is 0 Å². The molecule has 0 spiro atoms. The SMILES string of the molecule is CCC(=NO)C(C)(CN)N=NC(C)(CN)C(CC)=NO. The Morgan fingerprint density at radius 3 is 1.30 bits per heavy atom. The molecular weight excluding hydrogens is 260 g/mol. The van der Waals surface area contributed by atoms with Crippen molar-refractivity contribution in [3.8, 4) is 0 Å². The minimum atomic E-state index is -0.908. The maximum Gasteiger partial charge on any atom is 0.132 e. The van der Waals surface area contributed by atoms with Gasteiger partial charge in [-0.2, -0.15) is 10.2 Å². The molecule has 0 amide bonds. The Morgan fingerprint density at radius 2 is 1.15 bits per heavy atom. The third-order valence-electron chi connectivity index (χ3n) is 3.44. The fourth-order valence-electron chi connectivity index (χ4n) is 1.77. The van der Waals surface area contributed by atoms with Crippen molar-refractivity contribution in [2.45, 2.75) is 51.6 Å². The standard InChI is InChI=1S/C12H26N6O2/c1-5-9(15-19)11(3,7-13)17-18-12(4,8-14)10(6-2)16-20/h19-20H,5-8,13-14H2,1-4H3. The molecule has 0 fully saturated rings. The number of rotatable bonds is 8. The van der Waals surface area contributed by atoms with Crippen LogP contribution in [0, 0.1) is 0 Å². The average Bonchev–Trinajstić information content (AvgIpc) is 2.47. The average molecular weight is 286 g/mol. The number of hydrogen-bond donors (Lipinski definition) is 4. The zero-order valence-corrected chi connectivity index (χ0v) is 12.7. The van der Waals surface area contributed by atoms with Crippen molar-refractivity contribution in [2.24, 2.45) is 32.0 Å². The molecule has 0 rings (SSSR count). The summed E-state index contributed by atoms with van der Waals surface area (Å²) in [7, 11) is 0. The van der Waals surface area contributed by atoms with E-state index in [1.165, 1.54) is 0 Å². The Bertz CT molecular complexity index is 359. The maximum absolute atomic E-state index is 9.02. The van der Waals surface area contributed by atoms with Crippen LogP contribution in [-0.4, -0.2) is 46.0 Å². The molecule has 0 saturated heterocycles. The summed E-state index contributed by atoms with van der Waals surface area (Å²) in [6.07, 6.45) is 0.995. The summed E-state index contributed by atoms with van der Waals surface area (Å²) < 4.78 is 0. The third kappa shape index (κ3) is 3.97. The number of oxime groups is 2. The summed E-state index contributed by atoms with van der Waals surface area (Å²) in [4.78, 5) is 0. The summed E-state index contributed by atoms with van der Waals surface area (Å²) in [5.41, 5.74) is 10.5. The van der Waals surface area contributed by atoms with Gasteiger partial charge in [-0.15, -0.1) is 0 Å². The summed E-state index contributed by atoms with van der Waals surface area (Å²) in [6, 6.07) is 0. The quantitative estimate of drug-likeness (QED) is 0.231. The zero-order chi connectivity index (χ0) is 15.8. The minimum Gasteiger partial charge on any atom is -0.411 e. The first-order chi connectivity index (χ1) is 9.37. The van der Waals surface area contributed by atoms with E-state index in [1.807, 2.05) is 13.8 Å². The molecule has 20 heavy (non-hydrogen) atoms. The predicted molar refractivity (Wildman–Crippen MR) is 78.8 cm³/mol. The van der Waals surface area contributed by atoms with Gasteiger partial charge in [-0.1, -0.05) is 24.2 Å². The molecule has 0 saturated carbocycles. The molecule has 6 N–H and O–H groups in total. The Kier molecular flexibility index (Phi) is 7.30. The van der Waals surface area contributed by atoms with E-state index in [2.05, 4.69) is 20.5 Å². The first kappa shape index (κ1) is 18.5. The highest BCUT2D eigenvalue weighted by Gasteiger charge is 2.33. The van der Waals surface area contributed by atoms with Gasteiger partial charge in [-0.3, -0.25) is 0 Å². The highest BCUT2D eigenvalue weighted by atomic mass is 16.4. The number of nitrogens with zero attached hydrogens (tertiary/aromatic N) is 4. The molecule has 0 aliphatic rings. The van der Waals surface area contributed by atoms with Gasteiger partial charge < -0.3 is 21.9 Å². The Labute approximate surface area is 119 Å².